The predicted molar refractivity (Wildman–Crippen MR) is 133 cm³/mol. The van der Waals surface area contributed by atoms with E-state index in [1.165, 1.54) is 12.1 Å². The second kappa shape index (κ2) is 7.11. The lowest BCUT2D eigenvalue weighted by molar-refractivity contribution is 0.476. The molecule has 2 heterocycles. The highest BCUT2D eigenvalue weighted by Gasteiger charge is 2.26. The van der Waals surface area contributed by atoms with Gasteiger partial charge in [0.2, 0.25) is 0 Å². The molecule has 0 spiro atoms. The standard InChI is InChI=1S/C29H28F2N2/c1-28(2,3)18-15-21(17-13-23(30)25(24(31)14-17)29(4,5)6)26-22(16-18)19-9-7-8-10-20(19)27-32-11-12-33(26)27/h7-16H,1-6H3. The second-order valence-corrected chi connectivity index (χ2v) is 10.9. The molecule has 5 aromatic rings. The molecule has 0 atom stereocenters. The maximum atomic E-state index is 15.3. The number of benzene rings is 3. The summed E-state index contributed by atoms with van der Waals surface area (Å²) in [5, 5.41) is 3.16. The van der Waals surface area contributed by atoms with E-state index >= 15 is 8.78 Å². The number of pyridine rings is 1. The maximum Gasteiger partial charge on any atom is 0.145 e. The van der Waals surface area contributed by atoms with Gasteiger partial charge in [-0.1, -0.05) is 65.8 Å². The van der Waals surface area contributed by atoms with E-state index < -0.39 is 17.0 Å². The van der Waals surface area contributed by atoms with Gasteiger partial charge in [0.25, 0.3) is 0 Å². The van der Waals surface area contributed by atoms with Crippen LogP contribution in [0, 0.1) is 11.6 Å². The average Bonchev–Trinajstić information content (AvgIpc) is 3.21. The largest absolute Gasteiger partial charge is 0.299 e. The summed E-state index contributed by atoms with van der Waals surface area (Å²) in [5.41, 5.74) is 3.50. The van der Waals surface area contributed by atoms with Crippen LogP contribution in [0.3, 0.4) is 0 Å². The Labute approximate surface area is 192 Å². The number of fused-ring (bicyclic) bond motifs is 6. The Kier molecular flexibility index (Phi) is 4.65. The monoisotopic (exact) mass is 442 g/mol. The molecule has 3 aromatic carbocycles. The second-order valence-electron chi connectivity index (χ2n) is 10.9. The highest BCUT2D eigenvalue weighted by molar-refractivity contribution is 6.15. The van der Waals surface area contributed by atoms with Crippen molar-refractivity contribution < 1.29 is 8.78 Å². The molecule has 0 fully saturated rings. The molecular formula is C29H28F2N2. The highest BCUT2D eigenvalue weighted by Crippen LogP contribution is 2.40. The fourth-order valence-electron chi connectivity index (χ4n) is 4.79. The van der Waals surface area contributed by atoms with Crippen molar-refractivity contribution in [1.29, 1.82) is 0 Å². The van der Waals surface area contributed by atoms with Gasteiger partial charge in [0.15, 0.2) is 0 Å². The lowest BCUT2D eigenvalue weighted by Crippen LogP contribution is -2.16. The third kappa shape index (κ3) is 3.40. The molecule has 0 aliphatic carbocycles. The summed E-state index contributed by atoms with van der Waals surface area (Å²) in [6, 6.07) is 15.4. The summed E-state index contributed by atoms with van der Waals surface area (Å²) in [6.45, 7) is 11.9. The molecular weight excluding hydrogens is 414 g/mol. The number of rotatable bonds is 1. The minimum atomic E-state index is -0.629. The molecule has 0 radical (unpaired) electrons. The summed E-state index contributed by atoms with van der Waals surface area (Å²) in [4.78, 5) is 4.60. The molecule has 5 rings (SSSR count). The Hall–Kier alpha value is -3.27. The number of aromatic nitrogens is 2. The van der Waals surface area contributed by atoms with E-state index in [1.807, 2.05) is 43.5 Å². The van der Waals surface area contributed by atoms with Gasteiger partial charge in [-0.25, -0.2) is 13.8 Å². The average molecular weight is 443 g/mol. The zero-order valence-corrected chi connectivity index (χ0v) is 19.9. The van der Waals surface area contributed by atoms with Gasteiger partial charge in [0, 0.05) is 34.3 Å². The molecule has 33 heavy (non-hydrogen) atoms. The zero-order valence-electron chi connectivity index (χ0n) is 19.9. The first-order valence-corrected chi connectivity index (χ1v) is 11.3. The Bertz CT molecular complexity index is 1520. The first kappa shape index (κ1) is 21.6. The molecule has 0 bridgehead atoms. The Morgan fingerprint density at radius 3 is 2.00 bits per heavy atom. The minimum Gasteiger partial charge on any atom is -0.299 e. The molecule has 0 saturated heterocycles. The van der Waals surface area contributed by atoms with Crippen molar-refractivity contribution in [1.82, 2.24) is 9.38 Å². The third-order valence-electron chi connectivity index (χ3n) is 6.42. The van der Waals surface area contributed by atoms with Gasteiger partial charge in [0.05, 0.1) is 5.52 Å². The van der Waals surface area contributed by atoms with Crippen LogP contribution in [0.15, 0.2) is 60.9 Å². The van der Waals surface area contributed by atoms with Gasteiger partial charge < -0.3 is 0 Å². The van der Waals surface area contributed by atoms with Crippen LogP contribution in [0.4, 0.5) is 8.78 Å². The Balaban J connectivity index is 1.98. The van der Waals surface area contributed by atoms with E-state index in [0.29, 0.717) is 5.56 Å². The smallest absolute Gasteiger partial charge is 0.145 e. The minimum absolute atomic E-state index is 0.112. The van der Waals surface area contributed by atoms with Gasteiger partial charge in [-0.2, -0.15) is 0 Å². The van der Waals surface area contributed by atoms with Crippen molar-refractivity contribution in [2.75, 3.05) is 0 Å². The zero-order chi connectivity index (χ0) is 23.7. The van der Waals surface area contributed by atoms with E-state index in [9.17, 15) is 0 Å². The van der Waals surface area contributed by atoms with Crippen molar-refractivity contribution in [2.45, 2.75) is 52.4 Å². The van der Waals surface area contributed by atoms with Crippen molar-refractivity contribution in [2.24, 2.45) is 0 Å². The van der Waals surface area contributed by atoms with Gasteiger partial charge >= 0.3 is 0 Å². The van der Waals surface area contributed by atoms with Crippen LogP contribution < -0.4 is 0 Å². The number of imidazole rings is 1. The number of hydrogen-bond acceptors (Lipinski definition) is 1. The summed E-state index contributed by atoms with van der Waals surface area (Å²) in [5.74, 6) is -1.04. The highest BCUT2D eigenvalue weighted by atomic mass is 19.1. The lowest BCUT2D eigenvalue weighted by atomic mass is 9.82. The van der Waals surface area contributed by atoms with Crippen molar-refractivity contribution in [3.63, 3.8) is 0 Å². The predicted octanol–water partition coefficient (Wildman–Crippen LogP) is 8.18. The molecule has 0 amide bonds. The van der Waals surface area contributed by atoms with E-state index in [-0.39, 0.29) is 11.0 Å². The molecule has 0 aliphatic rings. The van der Waals surface area contributed by atoms with Crippen LogP contribution in [0.25, 0.3) is 38.4 Å². The van der Waals surface area contributed by atoms with Crippen molar-refractivity contribution >= 4 is 27.3 Å². The summed E-state index contributed by atoms with van der Waals surface area (Å²) < 4.78 is 32.6. The normalized spacial score (nSPS) is 12.8. The lowest BCUT2D eigenvalue weighted by Gasteiger charge is -2.24. The summed E-state index contributed by atoms with van der Waals surface area (Å²) in [6.07, 6.45) is 3.69. The summed E-state index contributed by atoms with van der Waals surface area (Å²) in [7, 11) is 0. The topological polar surface area (TPSA) is 17.3 Å². The number of halogens is 2. The van der Waals surface area contributed by atoms with Crippen LogP contribution in [0.2, 0.25) is 0 Å². The number of hydrogen-bond donors (Lipinski definition) is 0. The van der Waals surface area contributed by atoms with E-state index in [4.69, 9.17) is 0 Å². The fraction of sp³-hybridized carbons (Fsp3) is 0.276. The SMILES string of the molecule is CC(C)(C)c1cc(-c2cc(F)c(C(C)(C)C)c(F)c2)c2c(c1)c1ccccc1c1nccn12. The van der Waals surface area contributed by atoms with Crippen LogP contribution in [-0.2, 0) is 10.8 Å². The quantitative estimate of drug-likeness (QED) is 0.239. The maximum absolute atomic E-state index is 15.3. The molecule has 4 heteroatoms. The molecule has 0 aliphatic heterocycles. The Morgan fingerprint density at radius 2 is 1.39 bits per heavy atom. The molecule has 2 nitrogen and oxygen atoms in total. The molecule has 0 N–H and O–H groups in total. The Morgan fingerprint density at radius 1 is 0.758 bits per heavy atom. The molecule has 168 valence electrons. The van der Waals surface area contributed by atoms with Gasteiger partial charge in [-0.15, -0.1) is 0 Å². The van der Waals surface area contributed by atoms with Crippen LogP contribution in [-0.4, -0.2) is 9.38 Å². The first-order chi connectivity index (χ1) is 15.5. The van der Waals surface area contributed by atoms with Gasteiger partial charge in [-0.05, 0) is 51.6 Å². The van der Waals surface area contributed by atoms with E-state index in [1.54, 1.807) is 6.20 Å². The van der Waals surface area contributed by atoms with Crippen molar-refractivity contribution in [3.8, 4) is 11.1 Å². The van der Waals surface area contributed by atoms with E-state index in [2.05, 4.69) is 50.0 Å². The van der Waals surface area contributed by atoms with Crippen LogP contribution in [0.5, 0.6) is 0 Å². The van der Waals surface area contributed by atoms with E-state index in [0.717, 1.165) is 38.4 Å². The van der Waals surface area contributed by atoms with Crippen molar-refractivity contribution in [3.05, 3.63) is 83.7 Å². The molecule has 2 aromatic heterocycles. The van der Waals surface area contributed by atoms with Gasteiger partial charge in [-0.3, -0.25) is 4.40 Å². The first-order valence-electron chi connectivity index (χ1n) is 11.3. The van der Waals surface area contributed by atoms with Gasteiger partial charge in [0.1, 0.15) is 17.3 Å². The molecule has 0 saturated carbocycles. The summed E-state index contributed by atoms with van der Waals surface area (Å²) >= 11 is 0. The number of nitrogens with zero attached hydrogens (tertiary/aromatic N) is 2. The van der Waals surface area contributed by atoms with Crippen LogP contribution >= 0.6 is 0 Å². The van der Waals surface area contributed by atoms with Crippen LogP contribution in [0.1, 0.15) is 52.7 Å². The molecule has 0 unspecified atom stereocenters. The third-order valence-corrected chi connectivity index (χ3v) is 6.42. The fourth-order valence-corrected chi connectivity index (χ4v) is 4.79.